The van der Waals surface area contributed by atoms with E-state index in [9.17, 15) is 0 Å². The highest BCUT2D eigenvalue weighted by molar-refractivity contribution is 7.80. The molecule has 0 radical (unpaired) electrons. The van der Waals surface area contributed by atoms with Crippen molar-refractivity contribution in [2.24, 2.45) is 0 Å². The summed E-state index contributed by atoms with van der Waals surface area (Å²) in [6.45, 7) is 1.42. The van der Waals surface area contributed by atoms with Crippen molar-refractivity contribution < 1.29 is 0 Å². The Morgan fingerprint density at radius 3 is 2.60 bits per heavy atom. The normalized spacial score (nSPS) is 10.1. The standard InChI is InChI=1S/C15H16ClN3S/c16-13-6-4-12(5-7-13)8-10-18-15(20)19-11-14-3-1-2-9-17-14/h1-7,9H,8,10-11H2,(H2,18,19,20). The van der Waals surface area contributed by atoms with Crippen molar-refractivity contribution in [1.29, 1.82) is 0 Å². The van der Waals surface area contributed by atoms with Crippen molar-refractivity contribution in [3.63, 3.8) is 0 Å². The molecule has 0 fully saturated rings. The summed E-state index contributed by atoms with van der Waals surface area (Å²) in [5.74, 6) is 0. The van der Waals surface area contributed by atoms with Crippen LogP contribution in [0.1, 0.15) is 11.3 Å². The Hall–Kier alpha value is -1.65. The number of halogens is 1. The van der Waals surface area contributed by atoms with E-state index in [1.807, 2.05) is 42.5 Å². The smallest absolute Gasteiger partial charge is 0.166 e. The maximum atomic E-state index is 5.84. The summed E-state index contributed by atoms with van der Waals surface area (Å²) in [7, 11) is 0. The third kappa shape index (κ3) is 5.15. The molecule has 2 aromatic rings. The third-order valence-electron chi connectivity index (χ3n) is 2.77. The predicted molar refractivity (Wildman–Crippen MR) is 86.8 cm³/mol. The fourth-order valence-electron chi connectivity index (χ4n) is 1.71. The molecule has 0 aliphatic carbocycles. The van der Waals surface area contributed by atoms with E-state index in [0.717, 1.165) is 23.7 Å². The molecular weight excluding hydrogens is 290 g/mol. The molecule has 0 amide bonds. The average Bonchev–Trinajstić information content (AvgIpc) is 2.48. The summed E-state index contributed by atoms with van der Waals surface area (Å²) < 4.78 is 0. The van der Waals surface area contributed by atoms with E-state index < -0.39 is 0 Å². The number of thiocarbonyl (C=S) groups is 1. The van der Waals surface area contributed by atoms with Gasteiger partial charge in [-0.25, -0.2) is 0 Å². The van der Waals surface area contributed by atoms with Gasteiger partial charge in [-0.15, -0.1) is 0 Å². The molecule has 0 atom stereocenters. The minimum Gasteiger partial charge on any atom is -0.362 e. The lowest BCUT2D eigenvalue weighted by Crippen LogP contribution is -2.36. The van der Waals surface area contributed by atoms with Crippen LogP contribution < -0.4 is 10.6 Å². The molecule has 1 aromatic heterocycles. The van der Waals surface area contributed by atoms with Crippen molar-refractivity contribution in [3.8, 4) is 0 Å². The summed E-state index contributed by atoms with van der Waals surface area (Å²) >= 11 is 11.1. The maximum absolute atomic E-state index is 5.84. The Kier molecular flexibility index (Phi) is 5.77. The second-order valence-corrected chi connectivity index (χ2v) is 5.15. The molecule has 2 rings (SSSR count). The van der Waals surface area contributed by atoms with Gasteiger partial charge >= 0.3 is 0 Å². The summed E-state index contributed by atoms with van der Waals surface area (Å²) in [6, 6.07) is 13.7. The van der Waals surface area contributed by atoms with Gasteiger partial charge in [0.15, 0.2) is 5.11 Å². The lowest BCUT2D eigenvalue weighted by molar-refractivity contribution is 0.802. The Bertz CT molecular complexity index is 543. The molecular formula is C15H16ClN3S. The molecule has 1 heterocycles. The Morgan fingerprint density at radius 2 is 1.90 bits per heavy atom. The molecule has 0 spiro atoms. The van der Waals surface area contributed by atoms with E-state index in [4.69, 9.17) is 23.8 Å². The molecule has 1 aromatic carbocycles. The second kappa shape index (κ2) is 7.82. The molecule has 3 nitrogen and oxygen atoms in total. The van der Waals surface area contributed by atoms with Crippen molar-refractivity contribution in [2.45, 2.75) is 13.0 Å². The highest BCUT2D eigenvalue weighted by Gasteiger charge is 1.98. The molecule has 0 aliphatic rings. The number of pyridine rings is 1. The maximum Gasteiger partial charge on any atom is 0.166 e. The first-order valence-corrected chi connectivity index (χ1v) is 7.19. The van der Waals surface area contributed by atoms with Crippen molar-refractivity contribution in [1.82, 2.24) is 15.6 Å². The molecule has 5 heteroatoms. The SMILES string of the molecule is S=C(NCCc1ccc(Cl)cc1)NCc1ccccn1. The van der Waals surface area contributed by atoms with Gasteiger partial charge in [0.2, 0.25) is 0 Å². The zero-order chi connectivity index (χ0) is 14.2. The first-order chi connectivity index (χ1) is 9.74. The van der Waals surface area contributed by atoms with Crippen molar-refractivity contribution in [3.05, 3.63) is 64.9 Å². The fourth-order valence-corrected chi connectivity index (χ4v) is 2.01. The first-order valence-electron chi connectivity index (χ1n) is 6.40. The van der Waals surface area contributed by atoms with E-state index in [1.165, 1.54) is 5.56 Å². The number of hydrogen-bond acceptors (Lipinski definition) is 2. The molecule has 0 aliphatic heterocycles. The number of benzene rings is 1. The monoisotopic (exact) mass is 305 g/mol. The van der Waals surface area contributed by atoms with Gasteiger partial charge in [-0.1, -0.05) is 29.8 Å². The summed E-state index contributed by atoms with van der Waals surface area (Å²) in [6.07, 6.45) is 2.68. The van der Waals surface area contributed by atoms with Crippen LogP contribution in [0.5, 0.6) is 0 Å². The zero-order valence-corrected chi connectivity index (χ0v) is 12.5. The van der Waals surface area contributed by atoms with E-state index in [2.05, 4.69) is 15.6 Å². The van der Waals surface area contributed by atoms with Crippen LogP contribution in [0.2, 0.25) is 5.02 Å². The second-order valence-electron chi connectivity index (χ2n) is 4.31. The lowest BCUT2D eigenvalue weighted by Gasteiger charge is -2.10. The van der Waals surface area contributed by atoms with E-state index in [1.54, 1.807) is 6.20 Å². The summed E-state index contributed by atoms with van der Waals surface area (Å²) in [5, 5.41) is 7.71. The number of aromatic nitrogens is 1. The zero-order valence-electron chi connectivity index (χ0n) is 11.0. The summed E-state index contributed by atoms with van der Waals surface area (Å²) in [5.41, 5.74) is 2.20. The van der Waals surface area contributed by atoms with Crippen LogP contribution in [-0.4, -0.2) is 16.6 Å². The summed E-state index contributed by atoms with van der Waals surface area (Å²) in [4.78, 5) is 4.22. The van der Waals surface area contributed by atoms with Crippen LogP contribution in [0, 0.1) is 0 Å². The lowest BCUT2D eigenvalue weighted by atomic mass is 10.1. The number of hydrogen-bond donors (Lipinski definition) is 2. The first kappa shape index (κ1) is 14.8. The van der Waals surface area contributed by atoms with E-state index in [0.29, 0.717) is 11.7 Å². The molecule has 0 bridgehead atoms. The third-order valence-corrected chi connectivity index (χ3v) is 3.31. The highest BCUT2D eigenvalue weighted by atomic mass is 35.5. The van der Waals surface area contributed by atoms with Gasteiger partial charge in [-0.05, 0) is 48.5 Å². The molecule has 104 valence electrons. The van der Waals surface area contributed by atoms with Crippen molar-refractivity contribution >= 4 is 28.9 Å². The molecule has 2 N–H and O–H groups in total. The van der Waals surface area contributed by atoms with E-state index in [-0.39, 0.29) is 0 Å². The molecule has 0 unspecified atom stereocenters. The van der Waals surface area contributed by atoms with Gasteiger partial charge in [-0.2, -0.15) is 0 Å². The number of nitrogens with one attached hydrogen (secondary N) is 2. The quantitative estimate of drug-likeness (QED) is 0.833. The fraction of sp³-hybridized carbons (Fsp3) is 0.200. The van der Waals surface area contributed by atoms with Gasteiger partial charge < -0.3 is 10.6 Å². The Morgan fingerprint density at radius 1 is 1.10 bits per heavy atom. The van der Waals surface area contributed by atoms with Crippen LogP contribution in [0.4, 0.5) is 0 Å². The van der Waals surface area contributed by atoms with Crippen LogP contribution in [0.25, 0.3) is 0 Å². The molecule has 0 saturated heterocycles. The van der Waals surface area contributed by atoms with Gasteiger partial charge in [0, 0.05) is 17.8 Å². The minimum atomic E-state index is 0.633. The number of nitrogens with zero attached hydrogens (tertiary/aromatic N) is 1. The van der Waals surface area contributed by atoms with Gasteiger partial charge in [0.25, 0.3) is 0 Å². The average molecular weight is 306 g/mol. The van der Waals surface area contributed by atoms with Crippen LogP contribution in [0.3, 0.4) is 0 Å². The minimum absolute atomic E-state index is 0.633. The predicted octanol–water partition coefficient (Wildman–Crippen LogP) is 2.94. The van der Waals surface area contributed by atoms with E-state index >= 15 is 0 Å². The van der Waals surface area contributed by atoms with Crippen LogP contribution >= 0.6 is 23.8 Å². The molecule has 20 heavy (non-hydrogen) atoms. The highest BCUT2D eigenvalue weighted by Crippen LogP contribution is 2.09. The van der Waals surface area contributed by atoms with Crippen LogP contribution in [-0.2, 0) is 13.0 Å². The largest absolute Gasteiger partial charge is 0.362 e. The number of rotatable bonds is 5. The van der Waals surface area contributed by atoms with Crippen molar-refractivity contribution in [2.75, 3.05) is 6.54 Å². The Labute approximate surface area is 129 Å². The molecule has 0 saturated carbocycles. The van der Waals surface area contributed by atoms with Crippen LogP contribution in [0.15, 0.2) is 48.7 Å². The van der Waals surface area contributed by atoms with Gasteiger partial charge in [0.05, 0.1) is 12.2 Å². The Balaban J connectivity index is 1.66. The van der Waals surface area contributed by atoms with Gasteiger partial charge in [0.1, 0.15) is 0 Å². The topological polar surface area (TPSA) is 37.0 Å². The van der Waals surface area contributed by atoms with Gasteiger partial charge in [-0.3, -0.25) is 4.98 Å².